The maximum atomic E-state index is 6.08. The number of thiophene rings is 1. The minimum Gasteiger partial charge on any atom is -0.491 e. The van der Waals surface area contributed by atoms with Crippen molar-refractivity contribution in [1.82, 2.24) is 4.90 Å². The van der Waals surface area contributed by atoms with E-state index in [-0.39, 0.29) is 0 Å². The van der Waals surface area contributed by atoms with Crippen molar-refractivity contribution in [3.8, 4) is 5.75 Å². The van der Waals surface area contributed by atoms with Gasteiger partial charge in [-0.25, -0.2) is 0 Å². The van der Waals surface area contributed by atoms with Gasteiger partial charge in [0, 0.05) is 7.05 Å². The molecule has 2 heterocycles. The van der Waals surface area contributed by atoms with Crippen molar-refractivity contribution < 1.29 is 4.74 Å². The first-order valence-corrected chi connectivity index (χ1v) is 10.3. The number of rotatable bonds is 7. The topological polar surface area (TPSA) is 36.9 Å². The molecule has 0 amide bonds. The van der Waals surface area contributed by atoms with Crippen molar-refractivity contribution in [2.45, 2.75) is 40.0 Å². The Morgan fingerprint density at radius 1 is 1.27 bits per heavy atom. The van der Waals surface area contributed by atoms with Crippen LogP contribution in [0.5, 0.6) is 5.75 Å². The molecule has 1 N–H and O–H groups in total. The Bertz CT molecular complexity index is 758. The van der Waals surface area contributed by atoms with Crippen molar-refractivity contribution in [2.24, 2.45) is 4.99 Å². The lowest BCUT2D eigenvalue weighted by Gasteiger charge is -2.27. The Kier molecular flexibility index (Phi) is 6.20. The van der Waals surface area contributed by atoms with Crippen LogP contribution in [-0.4, -0.2) is 37.6 Å². The van der Waals surface area contributed by atoms with E-state index in [0.717, 1.165) is 24.7 Å². The van der Waals surface area contributed by atoms with Gasteiger partial charge >= 0.3 is 0 Å². The van der Waals surface area contributed by atoms with E-state index >= 15 is 0 Å². The molecule has 1 aliphatic rings. The molecular formula is C21H29N3OS. The molecule has 26 heavy (non-hydrogen) atoms. The minimum absolute atomic E-state index is 0.597. The molecule has 140 valence electrons. The van der Waals surface area contributed by atoms with Crippen LogP contribution in [-0.2, 0) is 6.42 Å². The number of hydrogen-bond donors (Lipinski definition) is 1. The summed E-state index contributed by atoms with van der Waals surface area (Å²) in [7, 11) is 2.07. The van der Waals surface area contributed by atoms with E-state index in [1.165, 1.54) is 40.1 Å². The predicted molar refractivity (Wildman–Crippen MR) is 112 cm³/mol. The van der Waals surface area contributed by atoms with Gasteiger partial charge in [-0.05, 0) is 54.8 Å². The predicted octanol–water partition coefficient (Wildman–Crippen LogP) is 4.85. The van der Waals surface area contributed by atoms with Gasteiger partial charge in [0.05, 0.1) is 18.8 Å². The highest BCUT2D eigenvalue weighted by Crippen LogP contribution is 2.28. The van der Waals surface area contributed by atoms with Gasteiger partial charge in [-0.15, -0.1) is 11.3 Å². The fourth-order valence-electron chi connectivity index (χ4n) is 3.39. The molecule has 3 rings (SSSR count). The first-order chi connectivity index (χ1) is 12.6. The molecule has 0 atom stereocenters. The number of aliphatic imine (C=N–C) groups is 1. The van der Waals surface area contributed by atoms with Crippen molar-refractivity contribution >= 4 is 22.2 Å². The van der Waals surface area contributed by atoms with E-state index in [0.29, 0.717) is 13.2 Å². The number of anilines is 1. The van der Waals surface area contributed by atoms with E-state index in [4.69, 9.17) is 9.73 Å². The molecule has 1 aromatic carbocycles. The Labute approximate surface area is 160 Å². The molecule has 1 aromatic heterocycles. The summed E-state index contributed by atoms with van der Waals surface area (Å²) in [4.78, 5) is 6.94. The van der Waals surface area contributed by atoms with Crippen molar-refractivity contribution in [2.75, 3.05) is 32.2 Å². The number of hydrogen-bond acceptors (Lipinski definition) is 4. The highest BCUT2D eigenvalue weighted by atomic mass is 32.1. The zero-order valence-corrected chi connectivity index (χ0v) is 17.1. The smallest absolute Gasteiger partial charge is 0.135 e. The molecule has 5 heteroatoms. The normalized spacial score (nSPS) is 15.1. The third-order valence-electron chi connectivity index (χ3n) is 4.68. The lowest BCUT2D eigenvalue weighted by molar-refractivity contribution is 0.323. The molecule has 0 fully saturated rings. The number of ether oxygens (including phenoxy) is 1. The summed E-state index contributed by atoms with van der Waals surface area (Å²) in [5, 5.41) is 6.72. The molecule has 4 nitrogen and oxygen atoms in total. The van der Waals surface area contributed by atoms with E-state index in [1.807, 2.05) is 0 Å². The lowest BCUT2D eigenvalue weighted by atomic mass is 10.0. The first kappa shape index (κ1) is 18.8. The molecule has 0 saturated heterocycles. The highest BCUT2D eigenvalue weighted by Gasteiger charge is 2.19. The Hall–Kier alpha value is -2.01. The van der Waals surface area contributed by atoms with Gasteiger partial charge in [0.1, 0.15) is 23.2 Å². The van der Waals surface area contributed by atoms with Gasteiger partial charge < -0.3 is 15.0 Å². The fraction of sp³-hybridized carbons (Fsp3) is 0.476. The summed E-state index contributed by atoms with van der Waals surface area (Å²) >= 11 is 1.73. The maximum absolute atomic E-state index is 6.08. The SMILES string of the molecule is CCCCc1cc(C)c(OCCN=C2c3ccsc3NCN2C)c(C)c1. The lowest BCUT2D eigenvalue weighted by Crippen LogP contribution is -2.37. The Morgan fingerprint density at radius 2 is 2.04 bits per heavy atom. The Balaban J connectivity index is 1.62. The van der Waals surface area contributed by atoms with Gasteiger partial charge in [0.15, 0.2) is 0 Å². The van der Waals surface area contributed by atoms with E-state index in [9.17, 15) is 0 Å². The second kappa shape index (κ2) is 8.58. The molecule has 0 radical (unpaired) electrons. The second-order valence-electron chi connectivity index (χ2n) is 6.91. The second-order valence-corrected chi connectivity index (χ2v) is 7.83. The van der Waals surface area contributed by atoms with E-state index < -0.39 is 0 Å². The molecule has 0 unspecified atom stereocenters. The monoisotopic (exact) mass is 371 g/mol. The third-order valence-corrected chi connectivity index (χ3v) is 5.55. The summed E-state index contributed by atoms with van der Waals surface area (Å²) in [6.07, 6.45) is 3.62. The molecule has 0 spiro atoms. The quantitative estimate of drug-likeness (QED) is 0.707. The number of nitrogens with zero attached hydrogens (tertiary/aromatic N) is 2. The van der Waals surface area contributed by atoms with Crippen LogP contribution in [0.3, 0.4) is 0 Å². The van der Waals surface area contributed by atoms with Crippen LogP contribution in [0.4, 0.5) is 5.00 Å². The highest BCUT2D eigenvalue weighted by molar-refractivity contribution is 7.14. The number of unbranched alkanes of at least 4 members (excludes halogenated alkanes) is 1. The van der Waals surface area contributed by atoms with Crippen LogP contribution < -0.4 is 10.1 Å². The van der Waals surface area contributed by atoms with Gasteiger partial charge in [0.2, 0.25) is 0 Å². The van der Waals surface area contributed by atoms with Crippen molar-refractivity contribution in [3.05, 3.63) is 45.8 Å². The molecule has 0 aliphatic carbocycles. The van der Waals surface area contributed by atoms with E-state index in [1.54, 1.807) is 11.3 Å². The summed E-state index contributed by atoms with van der Waals surface area (Å²) < 4.78 is 6.08. The summed E-state index contributed by atoms with van der Waals surface area (Å²) in [5.41, 5.74) is 5.05. The third kappa shape index (κ3) is 4.21. The molecular weight excluding hydrogens is 342 g/mol. The fourth-order valence-corrected chi connectivity index (χ4v) is 4.17. The van der Waals surface area contributed by atoms with Gasteiger partial charge in [-0.3, -0.25) is 4.99 Å². The molecule has 0 saturated carbocycles. The maximum Gasteiger partial charge on any atom is 0.135 e. The summed E-state index contributed by atoms with van der Waals surface area (Å²) in [5.74, 6) is 2.06. The number of aryl methyl sites for hydroxylation is 3. The summed E-state index contributed by atoms with van der Waals surface area (Å²) in [6, 6.07) is 6.66. The molecule has 2 aromatic rings. The van der Waals surface area contributed by atoms with Crippen LogP contribution in [0, 0.1) is 13.8 Å². The number of benzene rings is 1. The molecule has 0 bridgehead atoms. The zero-order chi connectivity index (χ0) is 18.5. The van der Waals surface area contributed by atoms with Crippen molar-refractivity contribution in [1.29, 1.82) is 0 Å². The summed E-state index contributed by atoms with van der Waals surface area (Å²) in [6.45, 7) is 8.57. The van der Waals surface area contributed by atoms with Crippen molar-refractivity contribution in [3.63, 3.8) is 0 Å². The molecule has 1 aliphatic heterocycles. The number of amidine groups is 1. The van der Waals surface area contributed by atoms with Crippen LogP contribution in [0.2, 0.25) is 0 Å². The zero-order valence-electron chi connectivity index (χ0n) is 16.3. The van der Waals surface area contributed by atoms with E-state index in [2.05, 4.69) is 61.6 Å². The van der Waals surface area contributed by atoms with Gasteiger partial charge in [-0.2, -0.15) is 0 Å². The average molecular weight is 372 g/mol. The van der Waals surface area contributed by atoms with Gasteiger partial charge in [0.25, 0.3) is 0 Å². The largest absolute Gasteiger partial charge is 0.491 e. The standard InChI is InChI=1S/C21H29N3OS/c1-5-6-7-17-12-15(2)19(16(3)13-17)25-10-9-22-20-18-8-11-26-21(18)23-14-24(20)4/h8,11-13,23H,5-7,9-10,14H2,1-4H3. The number of fused-ring (bicyclic) bond motifs is 1. The van der Waals surface area contributed by atoms with Crippen LogP contribution in [0.25, 0.3) is 0 Å². The number of nitrogens with one attached hydrogen (secondary N) is 1. The van der Waals surface area contributed by atoms with Crippen LogP contribution >= 0.6 is 11.3 Å². The Morgan fingerprint density at radius 3 is 2.77 bits per heavy atom. The first-order valence-electron chi connectivity index (χ1n) is 9.40. The average Bonchev–Trinajstić information content (AvgIpc) is 3.09. The minimum atomic E-state index is 0.597. The van der Waals surface area contributed by atoms with Crippen LogP contribution in [0.15, 0.2) is 28.6 Å². The van der Waals surface area contributed by atoms with Crippen LogP contribution in [0.1, 0.15) is 42.0 Å². The van der Waals surface area contributed by atoms with Gasteiger partial charge in [-0.1, -0.05) is 25.5 Å².